The van der Waals surface area contributed by atoms with Crippen LogP contribution in [0.15, 0.2) is 34.8 Å². The van der Waals surface area contributed by atoms with Crippen molar-refractivity contribution in [3.8, 4) is 5.75 Å². The Kier molecular flexibility index (Phi) is 4.27. The first kappa shape index (κ1) is 14.1. The highest BCUT2D eigenvalue weighted by Gasteiger charge is 2.11. The fourth-order valence-corrected chi connectivity index (χ4v) is 2.25. The predicted octanol–water partition coefficient (Wildman–Crippen LogP) is 4.54. The number of rotatable bonds is 3. The molecule has 0 amide bonds. The van der Waals surface area contributed by atoms with Crippen LogP contribution in [0.4, 0.5) is 14.5 Å². The lowest BCUT2D eigenvalue weighted by Crippen LogP contribution is -2.03. The lowest BCUT2D eigenvalue weighted by atomic mass is 10.2. The van der Waals surface area contributed by atoms with E-state index in [1.807, 2.05) is 0 Å². The predicted molar refractivity (Wildman–Crippen MR) is 74.3 cm³/mol. The molecule has 0 atom stereocenters. The van der Waals surface area contributed by atoms with Crippen molar-refractivity contribution in [3.05, 3.63) is 57.0 Å². The Labute approximate surface area is 122 Å². The summed E-state index contributed by atoms with van der Waals surface area (Å²) in [5, 5.41) is -0.0235. The maximum absolute atomic E-state index is 13.5. The second-order valence-electron chi connectivity index (χ2n) is 3.79. The van der Waals surface area contributed by atoms with E-state index in [1.54, 1.807) is 6.07 Å². The maximum atomic E-state index is 13.5. The molecule has 0 saturated carbocycles. The molecule has 0 unspecified atom stereocenters. The Morgan fingerprint density at radius 3 is 2.63 bits per heavy atom. The van der Waals surface area contributed by atoms with E-state index < -0.39 is 11.6 Å². The van der Waals surface area contributed by atoms with Gasteiger partial charge in [0.1, 0.15) is 24.0 Å². The molecule has 2 aromatic rings. The lowest BCUT2D eigenvalue weighted by Gasteiger charge is -2.11. The first-order valence-electron chi connectivity index (χ1n) is 5.29. The fraction of sp³-hybridized carbons (Fsp3) is 0.0769. The van der Waals surface area contributed by atoms with E-state index in [0.29, 0.717) is 4.47 Å². The highest BCUT2D eigenvalue weighted by atomic mass is 79.9. The summed E-state index contributed by atoms with van der Waals surface area (Å²) in [7, 11) is 0. The van der Waals surface area contributed by atoms with Crippen LogP contribution in [-0.4, -0.2) is 0 Å². The van der Waals surface area contributed by atoms with Gasteiger partial charge in [-0.25, -0.2) is 8.78 Å². The van der Waals surface area contributed by atoms with E-state index >= 15 is 0 Å². The van der Waals surface area contributed by atoms with E-state index in [2.05, 4.69) is 15.9 Å². The molecule has 0 aliphatic heterocycles. The van der Waals surface area contributed by atoms with Gasteiger partial charge in [-0.3, -0.25) is 0 Å². The molecule has 0 aliphatic rings. The van der Waals surface area contributed by atoms with Crippen molar-refractivity contribution in [2.24, 2.45) is 0 Å². The number of benzene rings is 2. The van der Waals surface area contributed by atoms with Crippen LogP contribution in [-0.2, 0) is 6.61 Å². The van der Waals surface area contributed by atoms with Gasteiger partial charge in [-0.05, 0) is 34.1 Å². The quantitative estimate of drug-likeness (QED) is 0.653. The number of halogens is 4. The van der Waals surface area contributed by atoms with Gasteiger partial charge in [-0.1, -0.05) is 17.7 Å². The van der Waals surface area contributed by atoms with Crippen LogP contribution >= 0.6 is 27.5 Å². The van der Waals surface area contributed by atoms with Crippen molar-refractivity contribution in [2.75, 3.05) is 5.73 Å². The molecule has 19 heavy (non-hydrogen) atoms. The maximum Gasteiger partial charge on any atom is 0.145 e. The zero-order valence-corrected chi connectivity index (χ0v) is 11.9. The molecular formula is C13H9BrClF2NO. The highest BCUT2D eigenvalue weighted by Crippen LogP contribution is 2.31. The minimum absolute atomic E-state index is 0.0235. The monoisotopic (exact) mass is 347 g/mol. The smallest absolute Gasteiger partial charge is 0.145 e. The van der Waals surface area contributed by atoms with Gasteiger partial charge in [-0.2, -0.15) is 0 Å². The lowest BCUT2D eigenvalue weighted by molar-refractivity contribution is 0.297. The third kappa shape index (κ3) is 3.16. The van der Waals surface area contributed by atoms with Crippen molar-refractivity contribution in [3.63, 3.8) is 0 Å². The average Bonchev–Trinajstić information content (AvgIpc) is 2.34. The number of nitrogen functional groups attached to an aromatic ring is 1. The van der Waals surface area contributed by atoms with Crippen LogP contribution in [0.2, 0.25) is 5.02 Å². The summed E-state index contributed by atoms with van der Waals surface area (Å²) in [5.74, 6) is -0.850. The zero-order chi connectivity index (χ0) is 14.0. The molecule has 2 aromatic carbocycles. The van der Waals surface area contributed by atoms with E-state index in [1.165, 1.54) is 18.2 Å². The fourth-order valence-electron chi connectivity index (χ4n) is 1.49. The molecule has 2 rings (SSSR count). The van der Waals surface area contributed by atoms with Gasteiger partial charge in [0.2, 0.25) is 0 Å². The largest absolute Gasteiger partial charge is 0.487 e. The van der Waals surface area contributed by atoms with Crippen LogP contribution in [0, 0.1) is 11.6 Å². The molecule has 0 aromatic heterocycles. The van der Waals surface area contributed by atoms with Crippen LogP contribution in [0.25, 0.3) is 0 Å². The average molecular weight is 349 g/mol. The standard InChI is InChI=1S/C13H9BrClF2NO/c14-8-4-9(15)11(17)5-13(8)19-6-7-10(16)2-1-3-12(7)18/h1-5H,6,18H2. The summed E-state index contributed by atoms with van der Waals surface area (Å²) in [4.78, 5) is 0. The van der Waals surface area contributed by atoms with Crippen molar-refractivity contribution in [2.45, 2.75) is 6.61 Å². The van der Waals surface area contributed by atoms with Crippen molar-refractivity contribution >= 4 is 33.2 Å². The van der Waals surface area contributed by atoms with Gasteiger partial charge < -0.3 is 10.5 Å². The third-order valence-electron chi connectivity index (χ3n) is 2.50. The molecule has 0 heterocycles. The molecule has 0 fully saturated rings. The Balaban J connectivity index is 2.22. The van der Waals surface area contributed by atoms with Gasteiger partial charge in [0.15, 0.2) is 0 Å². The van der Waals surface area contributed by atoms with Gasteiger partial charge >= 0.3 is 0 Å². The number of anilines is 1. The molecule has 0 radical (unpaired) electrons. The Bertz CT molecular complexity index is 602. The zero-order valence-electron chi connectivity index (χ0n) is 9.59. The van der Waals surface area contributed by atoms with Gasteiger partial charge in [-0.15, -0.1) is 0 Å². The molecule has 0 saturated heterocycles. The first-order chi connectivity index (χ1) is 8.99. The molecule has 2 N–H and O–H groups in total. The highest BCUT2D eigenvalue weighted by molar-refractivity contribution is 9.10. The van der Waals surface area contributed by atoms with Crippen molar-refractivity contribution in [1.82, 2.24) is 0 Å². The third-order valence-corrected chi connectivity index (χ3v) is 3.41. The molecule has 100 valence electrons. The summed E-state index contributed by atoms with van der Waals surface area (Å²) in [5.41, 5.74) is 6.16. The molecule has 2 nitrogen and oxygen atoms in total. The molecule has 0 bridgehead atoms. The van der Waals surface area contributed by atoms with E-state index in [4.69, 9.17) is 22.1 Å². The van der Waals surface area contributed by atoms with Crippen molar-refractivity contribution < 1.29 is 13.5 Å². The minimum atomic E-state index is -0.610. The van der Waals surface area contributed by atoms with Gasteiger partial charge in [0.05, 0.1) is 9.50 Å². The number of nitrogens with two attached hydrogens (primary N) is 1. The summed E-state index contributed by atoms with van der Waals surface area (Å²) < 4.78 is 32.7. The summed E-state index contributed by atoms with van der Waals surface area (Å²) in [6.45, 7) is -0.0990. The first-order valence-corrected chi connectivity index (χ1v) is 6.46. The Morgan fingerprint density at radius 1 is 1.21 bits per heavy atom. The molecular weight excluding hydrogens is 340 g/mol. The summed E-state index contributed by atoms with van der Waals surface area (Å²) in [6.07, 6.45) is 0. The second kappa shape index (κ2) is 5.75. The molecule has 6 heteroatoms. The topological polar surface area (TPSA) is 35.2 Å². The Hall–Kier alpha value is -1.33. The Morgan fingerprint density at radius 2 is 1.95 bits per heavy atom. The van der Waals surface area contributed by atoms with Gasteiger partial charge in [0.25, 0.3) is 0 Å². The van der Waals surface area contributed by atoms with E-state index in [9.17, 15) is 8.78 Å². The minimum Gasteiger partial charge on any atom is -0.487 e. The molecule has 0 spiro atoms. The van der Waals surface area contributed by atoms with E-state index in [-0.39, 0.29) is 28.6 Å². The van der Waals surface area contributed by atoms with Crippen LogP contribution in [0.5, 0.6) is 5.75 Å². The van der Waals surface area contributed by atoms with E-state index in [0.717, 1.165) is 6.07 Å². The second-order valence-corrected chi connectivity index (χ2v) is 5.05. The SMILES string of the molecule is Nc1cccc(F)c1COc1cc(F)c(Cl)cc1Br. The number of hydrogen-bond acceptors (Lipinski definition) is 2. The van der Waals surface area contributed by atoms with Crippen molar-refractivity contribution in [1.29, 1.82) is 0 Å². The normalized spacial score (nSPS) is 10.5. The van der Waals surface area contributed by atoms with Crippen LogP contribution in [0.1, 0.15) is 5.56 Å². The molecule has 0 aliphatic carbocycles. The number of hydrogen-bond donors (Lipinski definition) is 1. The van der Waals surface area contributed by atoms with Gasteiger partial charge in [0, 0.05) is 17.3 Å². The van der Waals surface area contributed by atoms with Crippen LogP contribution < -0.4 is 10.5 Å². The summed E-state index contributed by atoms with van der Waals surface area (Å²) >= 11 is 8.80. The van der Waals surface area contributed by atoms with Crippen LogP contribution in [0.3, 0.4) is 0 Å². The number of ether oxygens (including phenoxy) is 1. The summed E-state index contributed by atoms with van der Waals surface area (Å²) in [6, 6.07) is 6.86.